The first-order chi connectivity index (χ1) is 20.2. The highest BCUT2D eigenvalue weighted by atomic mass is 16.7. The molecular formula is C33H52O9. The van der Waals surface area contributed by atoms with Gasteiger partial charge < -0.3 is 33.5 Å². The average molecular weight is 593 g/mol. The van der Waals surface area contributed by atoms with Gasteiger partial charge in [-0.25, -0.2) is 0 Å². The maximum atomic E-state index is 13.8. The van der Waals surface area contributed by atoms with Crippen molar-refractivity contribution in [1.82, 2.24) is 0 Å². The molecule has 4 fully saturated rings. The van der Waals surface area contributed by atoms with Crippen LogP contribution in [0.15, 0.2) is 12.2 Å². The van der Waals surface area contributed by atoms with Crippen LogP contribution in [0.1, 0.15) is 72.1 Å². The van der Waals surface area contributed by atoms with E-state index in [0.717, 1.165) is 38.5 Å². The molecule has 3 aliphatic carbocycles. The van der Waals surface area contributed by atoms with Crippen LogP contribution in [0.25, 0.3) is 0 Å². The fraction of sp³-hybridized carbons (Fsp3) is 0.879. The Balaban J connectivity index is 1.32. The number of methoxy groups -OCH3 is 3. The van der Waals surface area contributed by atoms with Crippen LogP contribution in [0.3, 0.4) is 0 Å². The smallest absolute Gasteiger partial charge is 0.306 e. The van der Waals surface area contributed by atoms with Crippen LogP contribution in [0, 0.1) is 41.4 Å². The van der Waals surface area contributed by atoms with E-state index in [1.165, 1.54) is 0 Å². The van der Waals surface area contributed by atoms with Gasteiger partial charge in [-0.3, -0.25) is 9.59 Å². The molecule has 0 amide bonds. The number of aliphatic hydroxyl groups is 1. The molecule has 5 aliphatic rings. The lowest BCUT2D eigenvalue weighted by molar-refractivity contribution is -0.314. The van der Waals surface area contributed by atoms with Crippen LogP contribution in [-0.2, 0) is 38.0 Å². The molecule has 2 saturated heterocycles. The number of hydrogen-bond acceptors (Lipinski definition) is 9. The van der Waals surface area contributed by atoms with Crippen LogP contribution >= 0.6 is 0 Å². The van der Waals surface area contributed by atoms with Crippen molar-refractivity contribution >= 4 is 11.8 Å². The zero-order valence-electron chi connectivity index (χ0n) is 26.2. The summed E-state index contributed by atoms with van der Waals surface area (Å²) in [5.41, 5.74) is 0. The third kappa shape index (κ3) is 6.24. The third-order valence-electron chi connectivity index (χ3n) is 11.2. The molecule has 5 rings (SSSR count). The first kappa shape index (κ1) is 32.0. The van der Waals surface area contributed by atoms with Crippen molar-refractivity contribution in [2.45, 2.75) is 121 Å². The summed E-state index contributed by atoms with van der Waals surface area (Å²) in [4.78, 5) is 27.0. The Morgan fingerprint density at radius 3 is 2.33 bits per heavy atom. The summed E-state index contributed by atoms with van der Waals surface area (Å²) in [6, 6.07) is 0. The fourth-order valence-corrected chi connectivity index (χ4v) is 8.93. The Morgan fingerprint density at radius 1 is 0.905 bits per heavy atom. The topological polar surface area (TPSA) is 110 Å². The highest BCUT2D eigenvalue weighted by molar-refractivity contribution is 5.85. The van der Waals surface area contributed by atoms with Crippen molar-refractivity contribution in [3.8, 4) is 0 Å². The number of hydrogen-bond donors (Lipinski definition) is 1. The van der Waals surface area contributed by atoms with E-state index in [0.29, 0.717) is 18.3 Å². The molecule has 15 atom stereocenters. The highest BCUT2D eigenvalue weighted by Gasteiger charge is 2.55. The van der Waals surface area contributed by atoms with Gasteiger partial charge in [0.15, 0.2) is 6.29 Å². The molecule has 0 spiro atoms. The molecule has 42 heavy (non-hydrogen) atoms. The molecule has 2 aliphatic heterocycles. The maximum Gasteiger partial charge on any atom is 0.306 e. The molecule has 0 aromatic heterocycles. The number of rotatable bonds is 6. The van der Waals surface area contributed by atoms with E-state index in [1.54, 1.807) is 21.3 Å². The first-order valence-corrected chi connectivity index (χ1v) is 16.2. The van der Waals surface area contributed by atoms with Crippen LogP contribution < -0.4 is 0 Å². The monoisotopic (exact) mass is 592 g/mol. The van der Waals surface area contributed by atoms with E-state index >= 15 is 0 Å². The van der Waals surface area contributed by atoms with Gasteiger partial charge in [0.05, 0.1) is 18.3 Å². The first-order valence-electron chi connectivity index (χ1n) is 16.2. The molecule has 2 saturated carbocycles. The molecule has 1 N–H and O–H groups in total. The van der Waals surface area contributed by atoms with Crippen molar-refractivity contribution in [1.29, 1.82) is 0 Å². The van der Waals surface area contributed by atoms with E-state index in [1.807, 2.05) is 20.8 Å². The minimum atomic E-state index is -0.666. The summed E-state index contributed by atoms with van der Waals surface area (Å²) < 4.78 is 36.0. The van der Waals surface area contributed by atoms with Gasteiger partial charge in [0.2, 0.25) is 0 Å². The lowest BCUT2D eigenvalue weighted by Gasteiger charge is -2.44. The SMILES string of the molecule is CC[C@H]1CCC[C@H](O)[C@@H](C)C(=O)[C@@H]2C[C@@H]3[C@@H](C=C[C@@H]4C[C@@H](O[C@H]5O[C@@H](C)[C@@H](OC)[C@@H](OC)[C@H]5OC)C[C@@H]34)[C@@H]2CC(=O)O1. The highest BCUT2D eigenvalue weighted by Crippen LogP contribution is 2.57. The maximum absolute atomic E-state index is 13.8. The minimum absolute atomic E-state index is 0.0202. The molecule has 9 nitrogen and oxygen atoms in total. The Bertz CT molecular complexity index is 969. The lowest BCUT2D eigenvalue weighted by Crippen LogP contribution is -2.59. The number of ether oxygens (including phenoxy) is 6. The number of allylic oxidation sites excluding steroid dienone is 2. The van der Waals surface area contributed by atoms with E-state index < -0.39 is 24.4 Å². The molecule has 9 heteroatoms. The largest absolute Gasteiger partial charge is 0.462 e. The van der Waals surface area contributed by atoms with E-state index in [9.17, 15) is 14.7 Å². The van der Waals surface area contributed by atoms with Gasteiger partial charge in [0.1, 0.15) is 30.2 Å². The van der Waals surface area contributed by atoms with Crippen molar-refractivity contribution in [2.24, 2.45) is 41.4 Å². The molecule has 2 heterocycles. The third-order valence-corrected chi connectivity index (χ3v) is 11.2. The molecule has 0 aromatic carbocycles. The Hall–Kier alpha value is -1.36. The average Bonchev–Trinajstić information content (AvgIpc) is 3.55. The zero-order valence-corrected chi connectivity index (χ0v) is 26.2. The number of cyclic esters (lactones) is 1. The second-order valence-electron chi connectivity index (χ2n) is 13.4. The number of ketones is 1. The number of carbonyl (C=O) groups excluding carboxylic acids is 2. The molecule has 238 valence electrons. The second kappa shape index (κ2) is 13.7. The number of esters is 1. The summed E-state index contributed by atoms with van der Waals surface area (Å²) in [6.45, 7) is 5.86. The summed E-state index contributed by atoms with van der Waals surface area (Å²) in [7, 11) is 4.95. The lowest BCUT2D eigenvalue weighted by atomic mass is 9.71. The van der Waals surface area contributed by atoms with E-state index in [4.69, 9.17) is 28.4 Å². The van der Waals surface area contributed by atoms with Gasteiger partial charge >= 0.3 is 5.97 Å². The Labute approximate surface area is 250 Å². The standard InChI is InChI=1S/C33H52O9/c1-7-20-9-8-10-27(34)17(2)29(36)26-15-24-22(25(26)16-28(35)41-20)12-11-19-13-21(14-23(19)24)42-33-32(39-6)31(38-5)30(37-4)18(3)40-33/h11-12,17-27,30-34H,7-10,13-16H2,1-6H3/t17-,18+,19-,20+,21-,22-,23-,24-,25+,26-,27+,30-,31-,32-,33-/m1/s1. The number of aliphatic hydroxyl groups excluding tert-OH is 1. The van der Waals surface area contributed by atoms with Gasteiger partial charge in [-0.1, -0.05) is 26.0 Å². The predicted molar refractivity (Wildman–Crippen MR) is 154 cm³/mol. The number of carbonyl (C=O) groups is 2. The Kier molecular flexibility index (Phi) is 10.5. The Morgan fingerprint density at radius 2 is 1.64 bits per heavy atom. The van der Waals surface area contributed by atoms with Crippen molar-refractivity contribution in [2.75, 3.05) is 21.3 Å². The van der Waals surface area contributed by atoms with Crippen LogP contribution in [0.4, 0.5) is 0 Å². The molecule has 0 bridgehead atoms. The van der Waals surface area contributed by atoms with E-state index in [2.05, 4.69) is 12.2 Å². The van der Waals surface area contributed by atoms with Crippen molar-refractivity contribution in [3.63, 3.8) is 0 Å². The van der Waals surface area contributed by atoms with Crippen LogP contribution in [0.2, 0.25) is 0 Å². The van der Waals surface area contributed by atoms with Crippen LogP contribution in [0.5, 0.6) is 0 Å². The van der Waals surface area contributed by atoms with Gasteiger partial charge in [-0.2, -0.15) is 0 Å². The van der Waals surface area contributed by atoms with Gasteiger partial charge in [0.25, 0.3) is 0 Å². The molecule has 0 radical (unpaired) electrons. The van der Waals surface area contributed by atoms with Crippen molar-refractivity contribution in [3.05, 3.63) is 12.2 Å². The number of Topliss-reactive ketones (excluding diaryl/α,β-unsaturated/α-hetero) is 1. The zero-order chi connectivity index (χ0) is 30.1. The summed E-state index contributed by atoms with van der Waals surface area (Å²) in [5, 5.41) is 10.9. The molecular weight excluding hydrogens is 540 g/mol. The normalized spacial score (nSPS) is 48.0. The minimum Gasteiger partial charge on any atom is -0.462 e. The van der Waals surface area contributed by atoms with Crippen molar-refractivity contribution < 1.29 is 43.1 Å². The van der Waals surface area contributed by atoms with Gasteiger partial charge in [0, 0.05) is 39.6 Å². The van der Waals surface area contributed by atoms with E-state index in [-0.39, 0.29) is 72.4 Å². The second-order valence-corrected chi connectivity index (χ2v) is 13.4. The summed E-state index contributed by atoms with van der Waals surface area (Å²) in [6.07, 6.45) is 7.45. The van der Waals surface area contributed by atoms with Gasteiger partial charge in [-0.05, 0) is 81.5 Å². The van der Waals surface area contributed by atoms with Crippen LogP contribution in [-0.4, -0.2) is 87.2 Å². The summed E-state index contributed by atoms with van der Waals surface area (Å²) in [5.74, 6) is 0.229. The fourth-order valence-electron chi connectivity index (χ4n) is 8.93. The quantitative estimate of drug-likeness (QED) is 0.360. The molecule has 0 aromatic rings. The molecule has 0 unspecified atom stereocenters. The predicted octanol–water partition coefficient (Wildman–Crippen LogP) is 4.09. The number of fused-ring (bicyclic) bond motifs is 5. The van der Waals surface area contributed by atoms with Gasteiger partial charge in [-0.15, -0.1) is 0 Å². The summed E-state index contributed by atoms with van der Waals surface area (Å²) >= 11 is 0.